The molecule has 20 heavy (non-hydrogen) atoms. The Bertz CT molecular complexity index is 476. The topological polar surface area (TPSA) is 84.9 Å². The van der Waals surface area contributed by atoms with Gasteiger partial charge in [0.05, 0.1) is 19.3 Å². The average molecular weight is 279 g/mol. The van der Waals surface area contributed by atoms with Gasteiger partial charge in [0.1, 0.15) is 5.92 Å². The number of rotatable bonds is 5. The second kappa shape index (κ2) is 6.49. The van der Waals surface area contributed by atoms with Crippen LogP contribution in [0.15, 0.2) is 30.3 Å². The number of methoxy groups -OCH3 is 1. The molecule has 108 valence electrons. The summed E-state index contributed by atoms with van der Waals surface area (Å²) < 4.78 is 10.3. The maximum atomic E-state index is 12.2. The molecule has 0 spiro atoms. The number of benzene rings is 1. The van der Waals surface area contributed by atoms with Gasteiger partial charge in [-0.2, -0.15) is 0 Å². The van der Waals surface area contributed by atoms with E-state index in [1.807, 2.05) is 18.2 Å². The average Bonchev–Trinajstić information content (AvgIpc) is 2.89. The van der Waals surface area contributed by atoms with E-state index in [0.717, 1.165) is 5.56 Å². The zero-order chi connectivity index (χ0) is 14.5. The number of hydrogen-bond acceptors (Lipinski definition) is 4. The lowest BCUT2D eigenvalue weighted by Crippen LogP contribution is -2.44. The minimum Gasteiger partial charge on any atom is -0.481 e. The molecule has 1 amide bonds. The van der Waals surface area contributed by atoms with Gasteiger partial charge in [-0.1, -0.05) is 30.3 Å². The number of aliphatic carboxylic acids is 1. The van der Waals surface area contributed by atoms with E-state index in [2.05, 4.69) is 5.32 Å². The van der Waals surface area contributed by atoms with Gasteiger partial charge in [0.2, 0.25) is 0 Å². The molecular formula is C14H17NO5. The van der Waals surface area contributed by atoms with Crippen LogP contribution in [-0.2, 0) is 19.1 Å². The van der Waals surface area contributed by atoms with Crippen molar-refractivity contribution in [2.45, 2.75) is 12.1 Å². The van der Waals surface area contributed by atoms with Gasteiger partial charge in [-0.05, 0) is 5.56 Å². The summed E-state index contributed by atoms with van der Waals surface area (Å²) in [5, 5.41) is 11.7. The predicted molar refractivity (Wildman–Crippen MR) is 70.1 cm³/mol. The number of nitrogens with one attached hydrogen (secondary N) is 1. The zero-order valence-corrected chi connectivity index (χ0v) is 11.1. The third-order valence-electron chi connectivity index (χ3n) is 3.30. The van der Waals surface area contributed by atoms with Crippen LogP contribution in [0.4, 0.5) is 0 Å². The number of carbonyl (C=O) groups is 2. The summed E-state index contributed by atoms with van der Waals surface area (Å²) in [4.78, 5) is 23.3. The van der Waals surface area contributed by atoms with Crippen molar-refractivity contribution in [1.29, 1.82) is 0 Å². The fourth-order valence-electron chi connectivity index (χ4n) is 2.22. The highest BCUT2D eigenvalue weighted by Gasteiger charge is 2.36. The minimum atomic E-state index is -0.971. The van der Waals surface area contributed by atoms with E-state index in [1.54, 1.807) is 12.1 Å². The van der Waals surface area contributed by atoms with Crippen LogP contribution >= 0.6 is 0 Å². The van der Waals surface area contributed by atoms with Gasteiger partial charge < -0.3 is 19.9 Å². The fourth-order valence-corrected chi connectivity index (χ4v) is 2.22. The van der Waals surface area contributed by atoms with E-state index in [1.165, 1.54) is 7.11 Å². The lowest BCUT2D eigenvalue weighted by Gasteiger charge is -2.20. The van der Waals surface area contributed by atoms with E-state index in [-0.39, 0.29) is 19.1 Å². The fraction of sp³-hybridized carbons (Fsp3) is 0.429. The maximum Gasteiger partial charge on any atom is 0.311 e. The summed E-state index contributed by atoms with van der Waals surface area (Å²) in [6, 6.07) is 8.52. The molecule has 0 radical (unpaired) electrons. The first-order valence-electron chi connectivity index (χ1n) is 6.32. The molecule has 3 unspecified atom stereocenters. The van der Waals surface area contributed by atoms with Gasteiger partial charge in [-0.25, -0.2) is 0 Å². The van der Waals surface area contributed by atoms with Gasteiger partial charge in [0.15, 0.2) is 6.10 Å². The highest BCUT2D eigenvalue weighted by atomic mass is 16.5. The van der Waals surface area contributed by atoms with E-state index in [9.17, 15) is 9.59 Å². The van der Waals surface area contributed by atoms with Gasteiger partial charge in [0, 0.05) is 7.11 Å². The molecule has 0 bridgehead atoms. The summed E-state index contributed by atoms with van der Waals surface area (Å²) in [5.41, 5.74) is 0.721. The van der Waals surface area contributed by atoms with Crippen LogP contribution in [0.3, 0.4) is 0 Å². The Morgan fingerprint density at radius 2 is 2.05 bits per heavy atom. The molecule has 2 N–H and O–H groups in total. The first kappa shape index (κ1) is 14.5. The first-order valence-corrected chi connectivity index (χ1v) is 6.32. The Morgan fingerprint density at radius 1 is 1.35 bits per heavy atom. The molecular weight excluding hydrogens is 262 g/mol. The third kappa shape index (κ3) is 3.15. The van der Waals surface area contributed by atoms with E-state index in [0.29, 0.717) is 0 Å². The monoisotopic (exact) mass is 279 g/mol. The highest BCUT2D eigenvalue weighted by Crippen LogP contribution is 2.19. The van der Waals surface area contributed by atoms with E-state index < -0.39 is 24.0 Å². The standard InChI is InChI=1S/C14H17NO5/c1-19-12(9-5-3-2-4-6-9)13(16)15-11-8-20-7-10(11)14(17)18/h2-6,10-12H,7-8H2,1H3,(H,15,16)(H,17,18). The Balaban J connectivity index is 2.05. The van der Waals surface area contributed by atoms with Crippen molar-refractivity contribution in [3.05, 3.63) is 35.9 Å². The number of carboxylic acid groups (broad SMARTS) is 1. The molecule has 1 aromatic carbocycles. The molecule has 1 saturated heterocycles. The molecule has 6 nitrogen and oxygen atoms in total. The molecule has 2 rings (SSSR count). The second-order valence-electron chi connectivity index (χ2n) is 4.62. The van der Waals surface area contributed by atoms with E-state index in [4.69, 9.17) is 14.6 Å². The lowest BCUT2D eigenvalue weighted by molar-refractivity contribution is -0.142. The largest absolute Gasteiger partial charge is 0.481 e. The van der Waals surface area contributed by atoms with Crippen LogP contribution in [0, 0.1) is 5.92 Å². The van der Waals surface area contributed by atoms with Crippen LogP contribution in [-0.4, -0.2) is 43.3 Å². The van der Waals surface area contributed by atoms with Gasteiger partial charge in [-0.3, -0.25) is 9.59 Å². The molecule has 0 aliphatic carbocycles. The summed E-state index contributed by atoms with van der Waals surface area (Å²) >= 11 is 0. The van der Waals surface area contributed by atoms with Crippen LogP contribution in [0.2, 0.25) is 0 Å². The lowest BCUT2D eigenvalue weighted by atomic mass is 10.0. The molecule has 3 atom stereocenters. The van der Waals surface area contributed by atoms with Crippen LogP contribution in [0.5, 0.6) is 0 Å². The van der Waals surface area contributed by atoms with Gasteiger partial charge in [-0.15, -0.1) is 0 Å². The van der Waals surface area contributed by atoms with Crippen molar-refractivity contribution in [2.75, 3.05) is 20.3 Å². The number of carbonyl (C=O) groups excluding carboxylic acids is 1. The molecule has 0 aromatic heterocycles. The molecule has 0 saturated carbocycles. The molecule has 1 aromatic rings. The summed E-state index contributed by atoms with van der Waals surface area (Å²) in [7, 11) is 1.44. The van der Waals surface area contributed by atoms with Gasteiger partial charge >= 0.3 is 5.97 Å². The summed E-state index contributed by atoms with van der Waals surface area (Å²) in [6.45, 7) is 0.317. The smallest absolute Gasteiger partial charge is 0.311 e. The van der Waals surface area contributed by atoms with Gasteiger partial charge in [0.25, 0.3) is 5.91 Å². The van der Waals surface area contributed by atoms with Crippen molar-refractivity contribution in [2.24, 2.45) is 5.92 Å². The Labute approximate surface area is 116 Å². The normalized spacial score (nSPS) is 23.2. The summed E-state index contributed by atoms with van der Waals surface area (Å²) in [6.07, 6.45) is -0.758. The van der Waals surface area contributed by atoms with Crippen LogP contribution in [0.1, 0.15) is 11.7 Å². The molecule has 1 aliphatic heterocycles. The molecule has 1 aliphatic rings. The zero-order valence-electron chi connectivity index (χ0n) is 11.1. The van der Waals surface area contributed by atoms with Crippen molar-refractivity contribution in [1.82, 2.24) is 5.32 Å². The van der Waals surface area contributed by atoms with Crippen molar-refractivity contribution in [3.63, 3.8) is 0 Å². The second-order valence-corrected chi connectivity index (χ2v) is 4.62. The quantitative estimate of drug-likeness (QED) is 0.824. The molecule has 1 fully saturated rings. The van der Waals surface area contributed by atoms with Crippen LogP contribution < -0.4 is 5.32 Å². The summed E-state index contributed by atoms with van der Waals surface area (Å²) in [5.74, 6) is -2.05. The first-order chi connectivity index (χ1) is 9.63. The molecule has 1 heterocycles. The van der Waals surface area contributed by atoms with Crippen molar-refractivity contribution >= 4 is 11.9 Å². The number of hydrogen-bond donors (Lipinski definition) is 2. The van der Waals surface area contributed by atoms with Crippen molar-refractivity contribution in [3.8, 4) is 0 Å². The highest BCUT2D eigenvalue weighted by molar-refractivity contribution is 5.83. The Morgan fingerprint density at radius 3 is 2.65 bits per heavy atom. The Hall–Kier alpha value is -1.92. The number of amides is 1. The van der Waals surface area contributed by atoms with E-state index >= 15 is 0 Å². The minimum absolute atomic E-state index is 0.114. The maximum absolute atomic E-state index is 12.2. The third-order valence-corrected chi connectivity index (χ3v) is 3.30. The number of ether oxygens (including phenoxy) is 2. The van der Waals surface area contributed by atoms with Crippen molar-refractivity contribution < 1.29 is 24.2 Å². The van der Waals surface area contributed by atoms with Crippen LogP contribution in [0.25, 0.3) is 0 Å². The molecule has 6 heteroatoms. The Kier molecular flexibility index (Phi) is 4.70. The number of carboxylic acids is 1. The predicted octanol–water partition coefficient (Wildman–Crippen LogP) is 0.590. The SMILES string of the molecule is COC(C(=O)NC1COCC1C(=O)O)c1ccccc1.